The van der Waals surface area contributed by atoms with Crippen molar-refractivity contribution in [3.63, 3.8) is 0 Å². The molecule has 1 saturated carbocycles. The van der Waals surface area contributed by atoms with Crippen LogP contribution < -0.4 is 10.2 Å². The molecule has 0 spiro atoms. The van der Waals surface area contributed by atoms with Gasteiger partial charge in [-0.2, -0.15) is 0 Å². The number of nitrogens with one attached hydrogen (secondary N) is 1. The molecule has 0 aromatic heterocycles. The van der Waals surface area contributed by atoms with Crippen LogP contribution in [0.1, 0.15) is 25.3 Å². The Morgan fingerprint density at radius 3 is 2.50 bits per heavy atom. The zero-order chi connectivity index (χ0) is 11.4. The molecule has 0 unspecified atom stereocenters. The molecule has 1 aliphatic rings. The fraction of sp³-hybridized carbons (Fsp3) is 0.571. The number of aryl methyl sites for hydroxylation is 1. The van der Waals surface area contributed by atoms with Gasteiger partial charge in [0, 0.05) is 31.4 Å². The van der Waals surface area contributed by atoms with Crippen molar-refractivity contribution in [2.45, 2.75) is 32.7 Å². The van der Waals surface area contributed by atoms with Gasteiger partial charge in [0.05, 0.1) is 0 Å². The van der Waals surface area contributed by atoms with Gasteiger partial charge < -0.3 is 10.2 Å². The molecule has 0 amide bonds. The molecule has 2 heteroatoms. The van der Waals surface area contributed by atoms with E-state index in [0.717, 1.165) is 25.7 Å². The number of anilines is 1. The largest absolute Gasteiger partial charge is 0.371 e. The van der Waals surface area contributed by atoms with E-state index in [4.69, 9.17) is 0 Å². The van der Waals surface area contributed by atoms with Crippen LogP contribution >= 0.6 is 0 Å². The van der Waals surface area contributed by atoms with Crippen LogP contribution in [0.3, 0.4) is 0 Å². The van der Waals surface area contributed by atoms with Crippen molar-refractivity contribution < 1.29 is 0 Å². The highest BCUT2D eigenvalue weighted by Gasteiger charge is 2.19. The van der Waals surface area contributed by atoms with Gasteiger partial charge in [0.15, 0.2) is 0 Å². The van der Waals surface area contributed by atoms with Crippen molar-refractivity contribution in [3.05, 3.63) is 29.8 Å². The Balaban J connectivity index is 1.84. The number of nitrogens with zero attached hydrogens (tertiary/aromatic N) is 1. The zero-order valence-electron chi connectivity index (χ0n) is 10.4. The predicted molar refractivity (Wildman–Crippen MR) is 70.1 cm³/mol. The summed E-state index contributed by atoms with van der Waals surface area (Å²) in [6.07, 6.45) is 2.74. The van der Waals surface area contributed by atoms with Crippen LogP contribution in [-0.2, 0) is 0 Å². The van der Waals surface area contributed by atoms with Crippen molar-refractivity contribution in [2.75, 3.05) is 24.5 Å². The van der Waals surface area contributed by atoms with Crippen LogP contribution in [0.5, 0.6) is 0 Å². The van der Waals surface area contributed by atoms with Crippen LogP contribution in [0.15, 0.2) is 24.3 Å². The lowest BCUT2D eigenvalue weighted by Gasteiger charge is -2.23. The lowest BCUT2D eigenvalue weighted by atomic mass is 10.2. The highest BCUT2D eigenvalue weighted by molar-refractivity contribution is 5.47. The van der Waals surface area contributed by atoms with Gasteiger partial charge in [-0.15, -0.1) is 0 Å². The van der Waals surface area contributed by atoms with E-state index < -0.39 is 0 Å². The minimum atomic E-state index is 0.816. The summed E-state index contributed by atoms with van der Waals surface area (Å²) in [6.45, 7) is 7.64. The second kappa shape index (κ2) is 5.35. The summed E-state index contributed by atoms with van der Waals surface area (Å²) >= 11 is 0. The van der Waals surface area contributed by atoms with E-state index >= 15 is 0 Å². The summed E-state index contributed by atoms with van der Waals surface area (Å²) < 4.78 is 0. The van der Waals surface area contributed by atoms with Crippen molar-refractivity contribution in [2.24, 2.45) is 0 Å². The van der Waals surface area contributed by atoms with Crippen LogP contribution in [0.4, 0.5) is 5.69 Å². The van der Waals surface area contributed by atoms with E-state index in [1.54, 1.807) is 0 Å². The molecule has 0 aliphatic heterocycles. The molecular weight excluding hydrogens is 196 g/mol. The molecule has 0 heterocycles. The normalized spacial score (nSPS) is 15.1. The number of hydrogen-bond acceptors (Lipinski definition) is 2. The standard InChI is InChI=1S/C14H22N2/c1-3-16(11-10-15-13-6-7-13)14-8-4-12(2)5-9-14/h4-5,8-9,13,15H,3,6-7,10-11H2,1-2H3. The molecule has 1 aliphatic carbocycles. The Labute approximate surface area is 98.7 Å². The monoisotopic (exact) mass is 218 g/mol. The molecule has 1 fully saturated rings. The fourth-order valence-electron chi connectivity index (χ4n) is 1.92. The van der Waals surface area contributed by atoms with Crippen molar-refractivity contribution in [3.8, 4) is 0 Å². The number of rotatable bonds is 6. The van der Waals surface area contributed by atoms with E-state index in [9.17, 15) is 0 Å². The Kier molecular flexibility index (Phi) is 3.83. The molecule has 0 saturated heterocycles. The fourth-order valence-corrected chi connectivity index (χ4v) is 1.92. The Morgan fingerprint density at radius 1 is 1.25 bits per heavy atom. The molecular formula is C14H22N2. The van der Waals surface area contributed by atoms with Gasteiger partial charge in [0.1, 0.15) is 0 Å². The van der Waals surface area contributed by atoms with Crippen molar-refractivity contribution >= 4 is 5.69 Å². The first-order valence-electron chi connectivity index (χ1n) is 6.34. The van der Waals surface area contributed by atoms with Gasteiger partial charge in [0.2, 0.25) is 0 Å². The maximum absolute atomic E-state index is 3.56. The van der Waals surface area contributed by atoms with Crippen molar-refractivity contribution in [1.29, 1.82) is 0 Å². The van der Waals surface area contributed by atoms with E-state index in [1.165, 1.54) is 24.1 Å². The summed E-state index contributed by atoms with van der Waals surface area (Å²) in [5, 5.41) is 3.56. The first-order chi connectivity index (χ1) is 7.79. The van der Waals surface area contributed by atoms with E-state index in [0.29, 0.717) is 0 Å². The van der Waals surface area contributed by atoms with Gasteiger partial charge in [0.25, 0.3) is 0 Å². The van der Waals surface area contributed by atoms with E-state index in [1.807, 2.05) is 0 Å². The number of hydrogen-bond donors (Lipinski definition) is 1. The third kappa shape index (κ3) is 3.24. The first-order valence-corrected chi connectivity index (χ1v) is 6.34. The van der Waals surface area contributed by atoms with Gasteiger partial charge in [-0.3, -0.25) is 0 Å². The zero-order valence-corrected chi connectivity index (χ0v) is 10.4. The maximum Gasteiger partial charge on any atom is 0.0366 e. The predicted octanol–water partition coefficient (Wildman–Crippen LogP) is 2.57. The summed E-state index contributed by atoms with van der Waals surface area (Å²) in [5.74, 6) is 0. The summed E-state index contributed by atoms with van der Waals surface area (Å²) in [6, 6.07) is 9.63. The molecule has 2 rings (SSSR count). The van der Waals surface area contributed by atoms with Gasteiger partial charge >= 0.3 is 0 Å². The smallest absolute Gasteiger partial charge is 0.0366 e. The lowest BCUT2D eigenvalue weighted by Crippen LogP contribution is -2.32. The molecule has 1 aromatic rings. The average Bonchev–Trinajstić information content (AvgIpc) is 3.10. The summed E-state index contributed by atoms with van der Waals surface area (Å²) in [5.41, 5.74) is 2.67. The van der Waals surface area contributed by atoms with Crippen LogP contribution in [0.2, 0.25) is 0 Å². The summed E-state index contributed by atoms with van der Waals surface area (Å²) in [4.78, 5) is 2.43. The third-order valence-electron chi connectivity index (χ3n) is 3.17. The molecule has 0 atom stereocenters. The van der Waals surface area contributed by atoms with Crippen LogP contribution in [0, 0.1) is 6.92 Å². The number of likely N-dealkylation sites (N-methyl/N-ethyl adjacent to an activating group) is 1. The Morgan fingerprint density at radius 2 is 1.94 bits per heavy atom. The molecule has 0 radical (unpaired) electrons. The Hall–Kier alpha value is -1.02. The van der Waals surface area contributed by atoms with E-state index in [2.05, 4.69) is 48.3 Å². The van der Waals surface area contributed by atoms with Crippen LogP contribution in [0.25, 0.3) is 0 Å². The molecule has 0 bridgehead atoms. The summed E-state index contributed by atoms with van der Waals surface area (Å²) in [7, 11) is 0. The number of benzene rings is 1. The van der Waals surface area contributed by atoms with Gasteiger partial charge in [-0.1, -0.05) is 17.7 Å². The van der Waals surface area contributed by atoms with E-state index in [-0.39, 0.29) is 0 Å². The molecule has 1 aromatic carbocycles. The van der Waals surface area contributed by atoms with Gasteiger partial charge in [-0.25, -0.2) is 0 Å². The Bertz CT molecular complexity index is 314. The molecule has 16 heavy (non-hydrogen) atoms. The average molecular weight is 218 g/mol. The SMILES string of the molecule is CCN(CCNC1CC1)c1ccc(C)cc1. The molecule has 1 N–H and O–H groups in total. The lowest BCUT2D eigenvalue weighted by molar-refractivity contribution is 0.661. The minimum Gasteiger partial charge on any atom is -0.371 e. The maximum atomic E-state index is 3.56. The minimum absolute atomic E-state index is 0.816. The third-order valence-corrected chi connectivity index (χ3v) is 3.17. The topological polar surface area (TPSA) is 15.3 Å². The molecule has 88 valence electrons. The highest BCUT2D eigenvalue weighted by atomic mass is 15.1. The van der Waals surface area contributed by atoms with Gasteiger partial charge in [-0.05, 0) is 38.8 Å². The molecule has 2 nitrogen and oxygen atoms in total. The first kappa shape index (κ1) is 11.5. The van der Waals surface area contributed by atoms with Crippen LogP contribution in [-0.4, -0.2) is 25.7 Å². The second-order valence-electron chi connectivity index (χ2n) is 4.64. The highest BCUT2D eigenvalue weighted by Crippen LogP contribution is 2.18. The van der Waals surface area contributed by atoms with Crippen molar-refractivity contribution in [1.82, 2.24) is 5.32 Å². The quantitative estimate of drug-likeness (QED) is 0.789. The second-order valence-corrected chi connectivity index (χ2v) is 4.64.